The topological polar surface area (TPSA) is 66.8 Å². The normalized spacial score (nSPS) is 15.4. The summed E-state index contributed by atoms with van der Waals surface area (Å²) in [7, 11) is 0. The molecule has 1 fully saturated rings. The SMILES string of the molecule is O=C(OC(C(=O)N1CCCCC1)c1ccccc1)c1ccccc1O. The third-order valence-corrected chi connectivity index (χ3v) is 4.34. The van der Waals surface area contributed by atoms with Gasteiger partial charge >= 0.3 is 5.97 Å². The molecule has 0 radical (unpaired) electrons. The first-order valence-corrected chi connectivity index (χ1v) is 8.49. The van der Waals surface area contributed by atoms with Crippen LogP contribution in [0.4, 0.5) is 0 Å². The van der Waals surface area contributed by atoms with Gasteiger partial charge in [0, 0.05) is 18.7 Å². The minimum Gasteiger partial charge on any atom is -0.507 e. The molecule has 5 nitrogen and oxygen atoms in total. The minimum absolute atomic E-state index is 0.0508. The molecule has 1 saturated heterocycles. The highest BCUT2D eigenvalue weighted by Gasteiger charge is 2.31. The second kappa shape index (κ2) is 7.83. The van der Waals surface area contributed by atoms with Gasteiger partial charge in [-0.3, -0.25) is 4.79 Å². The number of rotatable bonds is 4. The molecule has 1 aliphatic rings. The van der Waals surface area contributed by atoms with Crippen molar-refractivity contribution >= 4 is 11.9 Å². The zero-order valence-corrected chi connectivity index (χ0v) is 13.9. The Balaban J connectivity index is 1.85. The van der Waals surface area contributed by atoms with E-state index >= 15 is 0 Å². The van der Waals surface area contributed by atoms with Crippen LogP contribution in [-0.2, 0) is 9.53 Å². The summed E-state index contributed by atoms with van der Waals surface area (Å²) in [5, 5.41) is 9.86. The van der Waals surface area contributed by atoms with Crippen molar-refractivity contribution in [2.45, 2.75) is 25.4 Å². The Kier molecular flexibility index (Phi) is 5.33. The summed E-state index contributed by atoms with van der Waals surface area (Å²) >= 11 is 0. The van der Waals surface area contributed by atoms with Crippen molar-refractivity contribution in [2.24, 2.45) is 0 Å². The fourth-order valence-electron chi connectivity index (χ4n) is 2.99. The molecule has 3 rings (SSSR count). The Morgan fingerprint density at radius 3 is 2.24 bits per heavy atom. The van der Waals surface area contributed by atoms with E-state index in [1.165, 1.54) is 12.1 Å². The average Bonchev–Trinajstić information content (AvgIpc) is 2.67. The van der Waals surface area contributed by atoms with E-state index in [0.29, 0.717) is 18.7 Å². The highest BCUT2D eigenvalue weighted by molar-refractivity contribution is 5.94. The number of hydrogen-bond acceptors (Lipinski definition) is 4. The fourth-order valence-corrected chi connectivity index (χ4v) is 2.99. The number of benzene rings is 2. The second-order valence-corrected chi connectivity index (χ2v) is 6.10. The van der Waals surface area contributed by atoms with Crippen LogP contribution in [0.5, 0.6) is 5.75 Å². The number of likely N-dealkylation sites (tertiary alicyclic amines) is 1. The monoisotopic (exact) mass is 339 g/mol. The van der Waals surface area contributed by atoms with Crippen molar-refractivity contribution in [3.8, 4) is 5.75 Å². The van der Waals surface area contributed by atoms with Crippen LogP contribution in [0.1, 0.15) is 41.3 Å². The third kappa shape index (κ3) is 3.99. The van der Waals surface area contributed by atoms with Crippen LogP contribution < -0.4 is 0 Å². The van der Waals surface area contributed by atoms with E-state index in [0.717, 1.165) is 19.3 Å². The molecular formula is C20H21NO4. The molecule has 1 amide bonds. The molecule has 0 spiro atoms. The van der Waals surface area contributed by atoms with Gasteiger partial charge in [-0.1, -0.05) is 42.5 Å². The zero-order valence-electron chi connectivity index (χ0n) is 13.9. The average molecular weight is 339 g/mol. The van der Waals surface area contributed by atoms with Crippen LogP contribution in [0.25, 0.3) is 0 Å². The van der Waals surface area contributed by atoms with E-state index in [1.807, 2.05) is 6.07 Å². The van der Waals surface area contributed by atoms with Gasteiger partial charge in [0.05, 0.1) is 0 Å². The lowest BCUT2D eigenvalue weighted by atomic mass is 10.1. The Bertz CT molecular complexity index is 738. The Hall–Kier alpha value is -2.82. The van der Waals surface area contributed by atoms with Crippen molar-refractivity contribution in [3.63, 3.8) is 0 Å². The molecule has 0 aromatic heterocycles. The van der Waals surface area contributed by atoms with Crippen molar-refractivity contribution in [2.75, 3.05) is 13.1 Å². The number of esters is 1. The number of phenols is 1. The number of phenolic OH excluding ortho intramolecular Hbond substituents is 1. The van der Waals surface area contributed by atoms with Crippen LogP contribution >= 0.6 is 0 Å². The van der Waals surface area contributed by atoms with E-state index in [2.05, 4.69) is 0 Å². The summed E-state index contributed by atoms with van der Waals surface area (Å²) in [6.07, 6.45) is 2.02. The predicted molar refractivity (Wildman–Crippen MR) is 93.1 cm³/mol. The smallest absolute Gasteiger partial charge is 0.343 e. The largest absolute Gasteiger partial charge is 0.507 e. The van der Waals surface area contributed by atoms with E-state index < -0.39 is 12.1 Å². The van der Waals surface area contributed by atoms with Crippen molar-refractivity contribution < 1.29 is 19.4 Å². The molecule has 1 atom stereocenters. The van der Waals surface area contributed by atoms with Crippen LogP contribution in [0, 0.1) is 0 Å². The number of para-hydroxylation sites is 1. The molecule has 25 heavy (non-hydrogen) atoms. The number of carbonyl (C=O) groups is 2. The van der Waals surface area contributed by atoms with Gasteiger partial charge < -0.3 is 14.7 Å². The Morgan fingerprint density at radius 1 is 0.920 bits per heavy atom. The van der Waals surface area contributed by atoms with Crippen molar-refractivity contribution in [3.05, 3.63) is 65.7 Å². The summed E-state index contributed by atoms with van der Waals surface area (Å²) in [6.45, 7) is 1.35. The predicted octanol–water partition coefficient (Wildman–Crippen LogP) is 3.30. The molecule has 0 aliphatic carbocycles. The van der Waals surface area contributed by atoms with Crippen molar-refractivity contribution in [1.82, 2.24) is 4.90 Å². The molecule has 0 saturated carbocycles. The number of piperidine rings is 1. The maximum absolute atomic E-state index is 12.9. The third-order valence-electron chi connectivity index (χ3n) is 4.34. The molecule has 1 aliphatic heterocycles. The number of aromatic hydroxyl groups is 1. The first-order valence-electron chi connectivity index (χ1n) is 8.49. The van der Waals surface area contributed by atoms with Gasteiger partial charge in [-0.15, -0.1) is 0 Å². The van der Waals surface area contributed by atoms with Gasteiger partial charge in [0.25, 0.3) is 5.91 Å². The van der Waals surface area contributed by atoms with E-state index in [1.54, 1.807) is 41.3 Å². The van der Waals surface area contributed by atoms with Gasteiger partial charge in [0.15, 0.2) is 0 Å². The Morgan fingerprint density at radius 2 is 1.56 bits per heavy atom. The van der Waals surface area contributed by atoms with Crippen LogP contribution in [0.15, 0.2) is 54.6 Å². The molecule has 1 heterocycles. The first-order chi connectivity index (χ1) is 12.2. The summed E-state index contributed by atoms with van der Waals surface area (Å²) in [5.74, 6) is -1.09. The fraction of sp³-hybridized carbons (Fsp3) is 0.300. The molecule has 0 bridgehead atoms. The van der Waals surface area contributed by atoms with E-state index in [-0.39, 0.29) is 17.2 Å². The molecule has 130 valence electrons. The Labute approximate surface area is 146 Å². The molecule has 1 N–H and O–H groups in total. The summed E-state index contributed by atoms with van der Waals surface area (Å²) < 4.78 is 5.53. The number of carbonyl (C=O) groups excluding carboxylic acids is 2. The number of ether oxygens (including phenoxy) is 1. The van der Waals surface area contributed by atoms with Crippen molar-refractivity contribution in [1.29, 1.82) is 0 Å². The van der Waals surface area contributed by atoms with E-state index in [4.69, 9.17) is 4.74 Å². The number of amides is 1. The first kappa shape index (κ1) is 17.0. The van der Waals surface area contributed by atoms with Gasteiger partial charge in [-0.05, 0) is 31.4 Å². The summed E-state index contributed by atoms with van der Waals surface area (Å²) in [5.41, 5.74) is 0.678. The minimum atomic E-state index is -1.01. The van der Waals surface area contributed by atoms with Crippen LogP contribution in [0.2, 0.25) is 0 Å². The lowest BCUT2D eigenvalue weighted by Gasteiger charge is -2.30. The molecular weight excluding hydrogens is 318 g/mol. The van der Waals surface area contributed by atoms with Gasteiger partial charge in [0.2, 0.25) is 6.10 Å². The zero-order chi connectivity index (χ0) is 17.6. The lowest BCUT2D eigenvalue weighted by Crippen LogP contribution is -2.40. The van der Waals surface area contributed by atoms with Gasteiger partial charge in [-0.25, -0.2) is 4.79 Å². The molecule has 2 aromatic carbocycles. The van der Waals surface area contributed by atoms with Crippen LogP contribution in [-0.4, -0.2) is 35.0 Å². The molecule has 5 heteroatoms. The maximum atomic E-state index is 12.9. The summed E-state index contributed by atoms with van der Waals surface area (Å²) in [4.78, 5) is 27.2. The standard InChI is InChI=1S/C20H21NO4/c22-17-12-6-5-11-16(17)20(24)25-18(15-9-3-1-4-10-15)19(23)21-13-7-2-8-14-21/h1,3-6,9-12,18,22H,2,7-8,13-14H2. The number of hydrogen-bond donors (Lipinski definition) is 1. The highest BCUT2D eigenvalue weighted by atomic mass is 16.5. The quantitative estimate of drug-likeness (QED) is 0.868. The highest BCUT2D eigenvalue weighted by Crippen LogP contribution is 2.26. The number of nitrogens with zero attached hydrogens (tertiary/aromatic N) is 1. The van der Waals surface area contributed by atoms with Gasteiger partial charge in [0.1, 0.15) is 11.3 Å². The maximum Gasteiger partial charge on any atom is 0.343 e. The molecule has 2 aromatic rings. The second-order valence-electron chi connectivity index (χ2n) is 6.10. The summed E-state index contributed by atoms with van der Waals surface area (Å²) in [6, 6.07) is 15.1. The lowest BCUT2D eigenvalue weighted by molar-refractivity contribution is -0.142. The van der Waals surface area contributed by atoms with E-state index in [9.17, 15) is 14.7 Å². The molecule has 1 unspecified atom stereocenters. The van der Waals surface area contributed by atoms with Crippen LogP contribution in [0.3, 0.4) is 0 Å². The van der Waals surface area contributed by atoms with Gasteiger partial charge in [-0.2, -0.15) is 0 Å².